The average Bonchev–Trinajstić information content (AvgIpc) is 3.29. The van der Waals surface area contributed by atoms with E-state index in [1.165, 1.54) is 0 Å². The van der Waals surface area contributed by atoms with Gasteiger partial charge in [-0.3, -0.25) is 0 Å². The highest BCUT2D eigenvalue weighted by Gasteiger charge is 2.22. The fourth-order valence-electron chi connectivity index (χ4n) is 3.32. The molecule has 1 aliphatic rings. The predicted molar refractivity (Wildman–Crippen MR) is 109 cm³/mol. The first-order valence-electron chi connectivity index (χ1n) is 9.26. The van der Waals surface area contributed by atoms with Crippen LogP contribution in [0.4, 0.5) is 5.95 Å². The average molecular weight is 396 g/mol. The van der Waals surface area contributed by atoms with Crippen molar-refractivity contribution in [3.8, 4) is 17.1 Å². The van der Waals surface area contributed by atoms with Crippen LogP contribution in [-0.2, 0) is 6.54 Å². The zero-order valence-corrected chi connectivity index (χ0v) is 16.6. The van der Waals surface area contributed by atoms with Crippen LogP contribution < -0.4 is 15.9 Å². The molecule has 0 aliphatic carbocycles. The van der Waals surface area contributed by atoms with E-state index in [0.717, 1.165) is 5.39 Å². The van der Waals surface area contributed by atoms with E-state index in [-0.39, 0.29) is 12.0 Å². The van der Waals surface area contributed by atoms with Gasteiger partial charge < -0.3 is 20.6 Å². The lowest BCUT2D eigenvalue weighted by molar-refractivity contribution is 0.0372. The molecule has 10 heteroatoms. The number of methoxy groups -OCH3 is 1. The van der Waals surface area contributed by atoms with Crippen molar-refractivity contribution in [3.63, 3.8) is 0 Å². The Labute approximate surface area is 168 Å². The van der Waals surface area contributed by atoms with E-state index in [2.05, 4.69) is 25.7 Å². The summed E-state index contributed by atoms with van der Waals surface area (Å²) < 4.78 is 7.13. The van der Waals surface area contributed by atoms with Gasteiger partial charge in [0.2, 0.25) is 5.95 Å². The van der Waals surface area contributed by atoms with E-state index in [1.54, 1.807) is 25.6 Å². The van der Waals surface area contributed by atoms with Crippen LogP contribution in [0, 0.1) is 0 Å². The number of anilines is 1. The Balaban J connectivity index is 1.55. The molecule has 4 rings (SSSR count). The number of benzene rings is 1. The van der Waals surface area contributed by atoms with Crippen LogP contribution >= 0.6 is 0 Å². The van der Waals surface area contributed by atoms with Gasteiger partial charge in [-0.1, -0.05) is 17.3 Å². The molecule has 0 saturated carbocycles. The number of para-hydroxylation sites is 1. The minimum absolute atomic E-state index is 0.0409. The molecule has 1 aromatic carbocycles. The zero-order valence-electron chi connectivity index (χ0n) is 16.6. The highest BCUT2D eigenvalue weighted by Crippen LogP contribution is 2.30. The topological polar surface area (TPSA) is 127 Å². The molecule has 4 N–H and O–H groups in total. The van der Waals surface area contributed by atoms with Crippen LogP contribution in [0.3, 0.4) is 0 Å². The number of aromatic nitrogens is 5. The largest absolute Gasteiger partial charge is 0.494 e. The summed E-state index contributed by atoms with van der Waals surface area (Å²) in [5.74, 6) is 0.770. The van der Waals surface area contributed by atoms with E-state index in [9.17, 15) is 5.11 Å². The second-order valence-electron chi connectivity index (χ2n) is 7.63. The molecule has 0 radical (unpaired) electrons. The molecule has 0 amide bonds. The quantitative estimate of drug-likeness (QED) is 0.558. The number of fused-ring (bicyclic) bond motifs is 1. The van der Waals surface area contributed by atoms with Crippen molar-refractivity contribution < 1.29 is 9.84 Å². The van der Waals surface area contributed by atoms with Crippen molar-refractivity contribution in [2.24, 2.45) is 0 Å². The van der Waals surface area contributed by atoms with Crippen molar-refractivity contribution in [1.82, 2.24) is 35.4 Å². The molecule has 1 aliphatic heterocycles. The SMILES string of the molecule is COc1cccc2c(-c3cn(CC4C=CN(CC(C)(C)O)N4)nn3)nc(N)nc12. The number of nitrogens with one attached hydrogen (secondary N) is 1. The Morgan fingerprint density at radius 2 is 2.14 bits per heavy atom. The van der Waals surface area contributed by atoms with Gasteiger partial charge in [0, 0.05) is 11.6 Å². The van der Waals surface area contributed by atoms with Gasteiger partial charge in [0.05, 0.1) is 38.0 Å². The molecular formula is C19H24N8O2. The van der Waals surface area contributed by atoms with Crippen molar-refractivity contribution in [2.75, 3.05) is 19.4 Å². The first-order chi connectivity index (χ1) is 13.8. The summed E-state index contributed by atoms with van der Waals surface area (Å²) in [5.41, 5.74) is 10.3. The molecule has 0 spiro atoms. The fraction of sp³-hybridized carbons (Fsp3) is 0.368. The number of nitrogen functional groups attached to an aromatic ring is 1. The lowest BCUT2D eigenvalue weighted by atomic mass is 10.1. The van der Waals surface area contributed by atoms with Crippen LogP contribution in [0.1, 0.15) is 13.8 Å². The maximum atomic E-state index is 9.96. The monoisotopic (exact) mass is 396 g/mol. The van der Waals surface area contributed by atoms with Gasteiger partial charge >= 0.3 is 0 Å². The summed E-state index contributed by atoms with van der Waals surface area (Å²) in [7, 11) is 1.59. The molecule has 1 unspecified atom stereocenters. The number of aliphatic hydroxyl groups is 1. The van der Waals surface area contributed by atoms with E-state index < -0.39 is 5.60 Å². The van der Waals surface area contributed by atoms with Crippen LogP contribution in [0.2, 0.25) is 0 Å². The molecule has 0 bridgehead atoms. The van der Waals surface area contributed by atoms with Crippen molar-refractivity contribution in [3.05, 3.63) is 36.7 Å². The second kappa shape index (κ2) is 7.30. The number of hydrogen-bond donors (Lipinski definition) is 3. The smallest absolute Gasteiger partial charge is 0.221 e. The van der Waals surface area contributed by atoms with Gasteiger partial charge in [-0.15, -0.1) is 5.10 Å². The lowest BCUT2D eigenvalue weighted by Crippen LogP contribution is -2.44. The van der Waals surface area contributed by atoms with Crippen LogP contribution in [0.5, 0.6) is 5.75 Å². The van der Waals surface area contributed by atoms with Gasteiger partial charge in [0.15, 0.2) is 0 Å². The molecule has 152 valence electrons. The number of β-amino-alcohol motifs (C(OH)–C–C–N with tert-alkyl or cyclic N) is 1. The summed E-state index contributed by atoms with van der Waals surface area (Å²) in [5, 5.41) is 21.1. The Hall–Kier alpha value is -3.24. The predicted octanol–water partition coefficient (Wildman–Crippen LogP) is 0.952. The third-order valence-electron chi connectivity index (χ3n) is 4.48. The Morgan fingerprint density at radius 3 is 2.90 bits per heavy atom. The number of nitrogens with zero attached hydrogens (tertiary/aromatic N) is 6. The Bertz CT molecular complexity index is 1060. The van der Waals surface area contributed by atoms with Crippen molar-refractivity contribution in [1.29, 1.82) is 0 Å². The van der Waals surface area contributed by atoms with E-state index in [0.29, 0.717) is 35.7 Å². The highest BCUT2D eigenvalue weighted by atomic mass is 16.5. The summed E-state index contributed by atoms with van der Waals surface area (Å²) >= 11 is 0. The number of ether oxygens (including phenoxy) is 1. The summed E-state index contributed by atoms with van der Waals surface area (Å²) in [4.78, 5) is 8.68. The fourth-order valence-corrected chi connectivity index (χ4v) is 3.32. The standard InChI is InChI=1S/C19H24N8O2/c1-19(2,28)11-26-8-7-12(24-26)9-27-10-14(23-25-27)16-13-5-4-6-15(29-3)17(13)22-18(20)21-16/h4-8,10,12,24,28H,9,11H2,1-3H3,(H2,20,21,22). The van der Waals surface area contributed by atoms with E-state index >= 15 is 0 Å². The maximum absolute atomic E-state index is 9.96. The van der Waals surface area contributed by atoms with E-state index in [4.69, 9.17) is 10.5 Å². The third kappa shape index (κ3) is 4.13. The van der Waals surface area contributed by atoms with Gasteiger partial charge in [-0.25, -0.2) is 20.1 Å². The van der Waals surface area contributed by atoms with E-state index in [1.807, 2.05) is 41.7 Å². The zero-order chi connectivity index (χ0) is 20.6. The van der Waals surface area contributed by atoms with Crippen molar-refractivity contribution >= 4 is 16.9 Å². The Morgan fingerprint density at radius 1 is 1.31 bits per heavy atom. The molecule has 3 heterocycles. The third-order valence-corrected chi connectivity index (χ3v) is 4.48. The minimum atomic E-state index is -0.790. The lowest BCUT2D eigenvalue weighted by Gasteiger charge is -2.26. The van der Waals surface area contributed by atoms with Crippen LogP contribution in [-0.4, -0.2) is 60.4 Å². The van der Waals surface area contributed by atoms with Crippen LogP contribution in [0.25, 0.3) is 22.3 Å². The molecule has 29 heavy (non-hydrogen) atoms. The molecule has 10 nitrogen and oxygen atoms in total. The Kier molecular flexibility index (Phi) is 4.81. The minimum Gasteiger partial charge on any atom is -0.494 e. The van der Waals surface area contributed by atoms with Crippen molar-refractivity contribution in [2.45, 2.75) is 32.0 Å². The second-order valence-corrected chi connectivity index (χ2v) is 7.63. The number of hydrazine groups is 1. The molecule has 0 saturated heterocycles. The molecule has 3 aromatic rings. The number of rotatable bonds is 6. The normalized spacial score (nSPS) is 16.7. The molecule has 1 atom stereocenters. The first-order valence-corrected chi connectivity index (χ1v) is 9.26. The van der Waals surface area contributed by atoms with Crippen LogP contribution in [0.15, 0.2) is 36.7 Å². The maximum Gasteiger partial charge on any atom is 0.221 e. The summed E-state index contributed by atoms with van der Waals surface area (Å²) in [6.07, 6.45) is 5.77. The molecule has 2 aromatic heterocycles. The van der Waals surface area contributed by atoms with Gasteiger partial charge in [0.1, 0.15) is 22.7 Å². The molecular weight excluding hydrogens is 372 g/mol. The highest BCUT2D eigenvalue weighted by molar-refractivity contribution is 5.95. The number of hydrogen-bond acceptors (Lipinski definition) is 9. The first kappa shape index (κ1) is 19.1. The van der Waals surface area contributed by atoms with Gasteiger partial charge in [-0.05, 0) is 26.0 Å². The summed E-state index contributed by atoms with van der Waals surface area (Å²) in [6.45, 7) is 4.60. The summed E-state index contributed by atoms with van der Waals surface area (Å²) in [6, 6.07) is 5.65. The molecule has 0 fully saturated rings. The number of nitrogens with two attached hydrogens (primary N) is 1. The van der Waals surface area contributed by atoms with Gasteiger partial charge in [-0.2, -0.15) is 0 Å². The van der Waals surface area contributed by atoms with Gasteiger partial charge in [0.25, 0.3) is 0 Å².